The number of nitrogens with one attached hydrogen (secondary N) is 1. The minimum Gasteiger partial charge on any atom is -0.371 e. The van der Waals surface area contributed by atoms with Gasteiger partial charge in [-0.1, -0.05) is 72.5 Å². The molecule has 2 aromatic carbocycles. The van der Waals surface area contributed by atoms with Gasteiger partial charge in [-0.25, -0.2) is 4.68 Å². The topological polar surface area (TPSA) is 105 Å². The SMILES string of the molecule is CCn1c(NCCc2ccccc2)c(/C=C2/SC(=S)N(c3c(C)n(C)n(-c4ccccc4)c3=O)C2=O)c(C)c(C#N)c1=O. The second kappa shape index (κ2) is 12.3. The minimum atomic E-state index is -0.441. The van der Waals surface area contributed by atoms with Crippen LogP contribution >= 0.6 is 24.0 Å². The Hall–Kier alpha value is -4.66. The first-order valence-electron chi connectivity index (χ1n) is 13.8. The maximum Gasteiger partial charge on any atom is 0.296 e. The highest BCUT2D eigenvalue weighted by atomic mass is 32.2. The van der Waals surface area contributed by atoms with E-state index in [1.54, 1.807) is 31.7 Å². The average molecular weight is 611 g/mol. The summed E-state index contributed by atoms with van der Waals surface area (Å²) in [4.78, 5) is 42.4. The summed E-state index contributed by atoms with van der Waals surface area (Å²) >= 11 is 6.72. The van der Waals surface area contributed by atoms with Gasteiger partial charge in [0.1, 0.15) is 23.1 Å². The van der Waals surface area contributed by atoms with Crippen molar-refractivity contribution in [3.8, 4) is 11.8 Å². The highest BCUT2D eigenvalue weighted by molar-refractivity contribution is 8.27. The number of thioether (sulfide) groups is 1. The zero-order valence-corrected chi connectivity index (χ0v) is 25.9. The number of benzene rings is 2. The maximum atomic E-state index is 13.9. The van der Waals surface area contributed by atoms with E-state index in [0.29, 0.717) is 52.7 Å². The number of carbonyl (C=O) groups excluding carboxylic acids is 1. The van der Waals surface area contributed by atoms with E-state index >= 15 is 0 Å². The number of para-hydroxylation sites is 1. The molecule has 0 bridgehead atoms. The first-order valence-corrected chi connectivity index (χ1v) is 15.0. The number of carbonyl (C=O) groups is 1. The summed E-state index contributed by atoms with van der Waals surface area (Å²) in [6.07, 6.45) is 2.38. The summed E-state index contributed by atoms with van der Waals surface area (Å²) < 4.78 is 4.94. The molecule has 3 heterocycles. The highest BCUT2D eigenvalue weighted by Crippen LogP contribution is 2.38. The van der Waals surface area contributed by atoms with E-state index in [1.165, 1.54) is 14.1 Å². The fraction of sp³-hybridized carbons (Fsp3) is 0.219. The molecule has 1 amide bonds. The van der Waals surface area contributed by atoms with Crippen LogP contribution in [0.15, 0.2) is 75.2 Å². The van der Waals surface area contributed by atoms with Gasteiger partial charge in [-0.3, -0.25) is 28.5 Å². The molecule has 1 N–H and O–H groups in total. The lowest BCUT2D eigenvalue weighted by Gasteiger charge is -2.19. The van der Waals surface area contributed by atoms with Crippen LogP contribution in [0.5, 0.6) is 0 Å². The van der Waals surface area contributed by atoms with Crippen LogP contribution < -0.4 is 21.3 Å². The largest absolute Gasteiger partial charge is 0.371 e. The van der Waals surface area contributed by atoms with Crippen molar-refractivity contribution in [1.82, 2.24) is 13.9 Å². The molecule has 218 valence electrons. The van der Waals surface area contributed by atoms with Gasteiger partial charge in [-0.05, 0) is 56.5 Å². The summed E-state index contributed by atoms with van der Waals surface area (Å²) in [6, 6.07) is 21.2. The number of nitrogens with zero attached hydrogens (tertiary/aromatic N) is 5. The number of amides is 1. The molecular formula is C32H30N6O3S2. The molecule has 0 radical (unpaired) electrons. The molecule has 9 nitrogen and oxygen atoms in total. The van der Waals surface area contributed by atoms with Crippen molar-refractivity contribution in [3.05, 3.63) is 114 Å². The van der Waals surface area contributed by atoms with Gasteiger partial charge in [0, 0.05) is 25.7 Å². The smallest absolute Gasteiger partial charge is 0.296 e. The second-order valence-electron chi connectivity index (χ2n) is 10.0. The number of thiocarbonyl (C=S) groups is 1. The maximum absolute atomic E-state index is 13.9. The van der Waals surface area contributed by atoms with E-state index < -0.39 is 11.5 Å². The van der Waals surface area contributed by atoms with E-state index in [-0.39, 0.29) is 21.1 Å². The highest BCUT2D eigenvalue weighted by Gasteiger charge is 2.38. The van der Waals surface area contributed by atoms with Crippen LogP contribution in [0.3, 0.4) is 0 Å². The number of nitriles is 1. The van der Waals surface area contributed by atoms with Crippen molar-refractivity contribution >= 4 is 51.8 Å². The van der Waals surface area contributed by atoms with Crippen LogP contribution in [0, 0.1) is 25.2 Å². The third-order valence-corrected chi connectivity index (χ3v) is 8.86. The fourth-order valence-electron chi connectivity index (χ4n) is 5.23. The summed E-state index contributed by atoms with van der Waals surface area (Å²) in [6.45, 7) is 6.16. The van der Waals surface area contributed by atoms with Gasteiger partial charge in [-0.2, -0.15) is 5.26 Å². The first kappa shape index (κ1) is 29.8. The summed E-state index contributed by atoms with van der Waals surface area (Å²) in [7, 11) is 1.76. The Kier molecular flexibility index (Phi) is 8.52. The number of pyridine rings is 1. The Labute approximate surface area is 258 Å². The molecule has 11 heteroatoms. The monoisotopic (exact) mass is 610 g/mol. The Morgan fingerprint density at radius 3 is 2.28 bits per heavy atom. The van der Waals surface area contributed by atoms with E-state index in [1.807, 2.05) is 73.7 Å². The lowest BCUT2D eigenvalue weighted by atomic mass is 10.0. The zero-order chi connectivity index (χ0) is 30.8. The van der Waals surface area contributed by atoms with Crippen LogP contribution in [-0.2, 0) is 24.8 Å². The number of aromatic nitrogens is 3. The molecule has 4 aromatic rings. The summed E-state index contributed by atoms with van der Waals surface area (Å²) in [5, 5.41) is 13.2. The van der Waals surface area contributed by atoms with E-state index in [0.717, 1.165) is 17.3 Å². The van der Waals surface area contributed by atoms with Crippen molar-refractivity contribution in [3.63, 3.8) is 0 Å². The number of anilines is 2. The van der Waals surface area contributed by atoms with Gasteiger partial charge in [0.15, 0.2) is 4.32 Å². The van der Waals surface area contributed by atoms with Gasteiger partial charge in [0.2, 0.25) is 0 Å². The third kappa shape index (κ3) is 5.35. The molecule has 2 aromatic heterocycles. The lowest BCUT2D eigenvalue weighted by Crippen LogP contribution is -2.33. The zero-order valence-electron chi connectivity index (χ0n) is 24.2. The first-order chi connectivity index (χ1) is 20.7. The molecule has 0 saturated carbocycles. The number of rotatable bonds is 8. The van der Waals surface area contributed by atoms with Crippen LogP contribution in [0.1, 0.15) is 34.9 Å². The molecule has 1 aliphatic rings. The predicted octanol–water partition coefficient (Wildman–Crippen LogP) is 4.91. The standard InChI is InChI=1S/C32H30N6O3S2/c1-5-36-28(34-17-16-22-12-8-6-9-13-22)24(20(2)25(19-33)29(36)39)18-26-30(40)37(32(42)43-26)27-21(3)35(4)38(31(27)41)23-14-10-7-11-15-23/h6-15,18,34H,5,16-17H2,1-4H3/b26-18+. The molecule has 1 saturated heterocycles. The minimum absolute atomic E-state index is 0.0156. The Morgan fingerprint density at radius 2 is 1.65 bits per heavy atom. The van der Waals surface area contributed by atoms with Gasteiger partial charge in [0.05, 0.1) is 16.3 Å². The van der Waals surface area contributed by atoms with E-state index in [4.69, 9.17) is 12.2 Å². The van der Waals surface area contributed by atoms with Crippen LogP contribution in [0.4, 0.5) is 11.5 Å². The number of hydrogen-bond acceptors (Lipinski definition) is 7. The van der Waals surface area contributed by atoms with Crippen molar-refractivity contribution in [2.75, 3.05) is 16.8 Å². The quantitative estimate of drug-likeness (QED) is 0.223. The van der Waals surface area contributed by atoms with Crippen molar-refractivity contribution in [2.24, 2.45) is 7.05 Å². The molecule has 0 unspecified atom stereocenters. The summed E-state index contributed by atoms with van der Waals surface area (Å²) in [5.41, 5.74) is 2.84. The Balaban J connectivity index is 1.58. The third-order valence-electron chi connectivity index (χ3n) is 7.56. The second-order valence-corrected chi connectivity index (χ2v) is 11.7. The molecule has 43 heavy (non-hydrogen) atoms. The Morgan fingerprint density at radius 1 is 1.00 bits per heavy atom. The predicted molar refractivity (Wildman–Crippen MR) is 176 cm³/mol. The van der Waals surface area contributed by atoms with Crippen LogP contribution in [0.25, 0.3) is 11.8 Å². The van der Waals surface area contributed by atoms with Gasteiger partial charge in [0.25, 0.3) is 17.0 Å². The van der Waals surface area contributed by atoms with Crippen LogP contribution in [-0.4, -0.2) is 30.7 Å². The molecule has 0 aliphatic carbocycles. The molecule has 5 rings (SSSR count). The van der Waals surface area contributed by atoms with Crippen molar-refractivity contribution < 1.29 is 4.79 Å². The summed E-state index contributed by atoms with van der Waals surface area (Å²) in [5.74, 6) is 0.0796. The van der Waals surface area contributed by atoms with E-state index in [9.17, 15) is 19.6 Å². The molecule has 1 aliphatic heterocycles. The number of hydrogen-bond donors (Lipinski definition) is 1. The van der Waals surface area contributed by atoms with Crippen LogP contribution in [0.2, 0.25) is 0 Å². The molecule has 0 spiro atoms. The van der Waals surface area contributed by atoms with Gasteiger partial charge in [-0.15, -0.1) is 0 Å². The molecule has 1 fully saturated rings. The van der Waals surface area contributed by atoms with Gasteiger partial charge < -0.3 is 5.32 Å². The fourth-order valence-corrected chi connectivity index (χ4v) is 6.48. The molecular weight excluding hydrogens is 581 g/mol. The lowest BCUT2D eigenvalue weighted by molar-refractivity contribution is -0.113. The molecule has 0 atom stereocenters. The Bertz CT molecular complexity index is 1930. The normalized spacial score (nSPS) is 14.0. The average Bonchev–Trinajstić information content (AvgIpc) is 3.40. The van der Waals surface area contributed by atoms with Crippen molar-refractivity contribution in [1.29, 1.82) is 5.26 Å². The van der Waals surface area contributed by atoms with Gasteiger partial charge >= 0.3 is 0 Å². The van der Waals surface area contributed by atoms with Crippen molar-refractivity contribution in [2.45, 2.75) is 33.7 Å². The van der Waals surface area contributed by atoms with E-state index in [2.05, 4.69) is 5.32 Å².